The Kier molecular flexibility index (Phi) is 8.06. The largest absolute Gasteiger partial charge is 0.346 e. The molecule has 3 aromatic rings. The fourth-order valence-electron chi connectivity index (χ4n) is 5.46. The Morgan fingerprint density at radius 2 is 1.49 bits per heavy atom. The fourth-order valence-corrected chi connectivity index (χ4v) is 5.46. The minimum atomic E-state index is -0.537. The molecule has 1 amide bonds. The van der Waals surface area contributed by atoms with Gasteiger partial charge in [-0.1, -0.05) is 93.6 Å². The molecule has 192 valence electrons. The molecule has 2 unspecified atom stereocenters. The van der Waals surface area contributed by atoms with Gasteiger partial charge in [-0.05, 0) is 59.9 Å². The zero-order valence-corrected chi connectivity index (χ0v) is 22.3. The third-order valence-electron chi connectivity index (χ3n) is 8.31. The van der Waals surface area contributed by atoms with E-state index in [1.54, 1.807) is 0 Å². The van der Waals surface area contributed by atoms with Crippen LogP contribution >= 0.6 is 0 Å². The van der Waals surface area contributed by atoms with Gasteiger partial charge in [0.15, 0.2) is 0 Å². The number of hydrogen-bond donors (Lipinski definition) is 2. The van der Waals surface area contributed by atoms with E-state index in [-0.39, 0.29) is 29.1 Å². The molecule has 0 spiro atoms. The van der Waals surface area contributed by atoms with Crippen molar-refractivity contribution in [3.63, 3.8) is 0 Å². The summed E-state index contributed by atoms with van der Waals surface area (Å²) in [6.45, 7) is 8.50. The maximum atomic E-state index is 13.8. The van der Waals surface area contributed by atoms with Gasteiger partial charge < -0.3 is 10.7 Å². The first-order chi connectivity index (χ1) is 17.7. The molecule has 4 heteroatoms. The molecule has 0 radical (unpaired) electrons. The molecular weight excluding hydrogens is 456 g/mol. The van der Waals surface area contributed by atoms with Gasteiger partial charge >= 0.3 is 0 Å². The predicted molar refractivity (Wildman–Crippen MR) is 150 cm³/mol. The van der Waals surface area contributed by atoms with E-state index in [0.29, 0.717) is 30.0 Å². The average molecular weight is 495 g/mol. The smallest absolute Gasteiger partial charge is 0.251 e. The molecule has 0 saturated heterocycles. The van der Waals surface area contributed by atoms with Crippen LogP contribution in [0, 0.1) is 22.7 Å². The molecule has 2 N–H and O–H groups in total. The molecule has 0 heterocycles. The topological polar surface area (TPSA) is 70.0 Å². The molecule has 4 rings (SSSR count). The Balaban J connectivity index is 1.69. The number of carbonyl (C=O) groups excluding carboxylic acids is 2. The summed E-state index contributed by atoms with van der Waals surface area (Å²) in [5.74, 6) is -0.517. The van der Waals surface area contributed by atoms with Gasteiger partial charge in [0, 0.05) is 23.6 Å². The molecule has 1 aliphatic carbocycles. The second-order valence-corrected chi connectivity index (χ2v) is 11.1. The summed E-state index contributed by atoms with van der Waals surface area (Å²) in [5.41, 5.74) is 3.86. The molecule has 0 aliphatic heterocycles. The first kappa shape index (κ1) is 26.5. The fraction of sp³-hybridized carbons (Fsp3) is 0.364. The van der Waals surface area contributed by atoms with Gasteiger partial charge in [-0.2, -0.15) is 0 Å². The van der Waals surface area contributed by atoms with E-state index in [4.69, 9.17) is 5.41 Å². The standard InChI is InChI=1S/C33H38N2O2/c1-22(2)33(4)19-18-28(34)31(29(36)21-33)30(25-14-9-6-10-15-25)26-16-11-17-27(20-26)32(37)35-23(3)24-12-7-5-8-13-24/h5-17,20,22-23,30-31,34H,18-19,21H2,1-4H3,(H,35,37)/t23-,30?,31?,33-/m0/s1. The van der Waals surface area contributed by atoms with Crippen molar-refractivity contribution < 1.29 is 9.59 Å². The number of carbonyl (C=O) groups is 2. The Morgan fingerprint density at radius 3 is 2.11 bits per heavy atom. The summed E-state index contributed by atoms with van der Waals surface area (Å²) in [7, 11) is 0. The summed E-state index contributed by atoms with van der Waals surface area (Å²) in [6, 6.07) is 27.3. The zero-order valence-electron chi connectivity index (χ0n) is 22.3. The second-order valence-electron chi connectivity index (χ2n) is 11.1. The van der Waals surface area contributed by atoms with Gasteiger partial charge in [0.25, 0.3) is 5.91 Å². The molecule has 1 aliphatic rings. The molecule has 0 aromatic heterocycles. The lowest BCUT2D eigenvalue weighted by Gasteiger charge is -2.32. The average Bonchev–Trinajstić information content (AvgIpc) is 3.02. The van der Waals surface area contributed by atoms with Crippen LogP contribution < -0.4 is 5.32 Å². The van der Waals surface area contributed by atoms with Crippen LogP contribution in [0.15, 0.2) is 84.9 Å². The van der Waals surface area contributed by atoms with Crippen LogP contribution in [0.3, 0.4) is 0 Å². The number of nitrogens with one attached hydrogen (secondary N) is 2. The molecule has 4 atom stereocenters. The van der Waals surface area contributed by atoms with Gasteiger partial charge in [0.05, 0.1) is 12.0 Å². The van der Waals surface area contributed by atoms with E-state index < -0.39 is 5.92 Å². The second kappa shape index (κ2) is 11.2. The van der Waals surface area contributed by atoms with Gasteiger partial charge in [-0.15, -0.1) is 0 Å². The van der Waals surface area contributed by atoms with Crippen molar-refractivity contribution in [3.05, 3.63) is 107 Å². The van der Waals surface area contributed by atoms with E-state index in [0.717, 1.165) is 23.1 Å². The van der Waals surface area contributed by atoms with Gasteiger partial charge in [-0.3, -0.25) is 9.59 Å². The van der Waals surface area contributed by atoms with E-state index in [1.807, 2.05) is 91.9 Å². The maximum Gasteiger partial charge on any atom is 0.251 e. The van der Waals surface area contributed by atoms with Crippen molar-refractivity contribution in [2.24, 2.45) is 17.3 Å². The van der Waals surface area contributed by atoms with Crippen LogP contribution in [-0.4, -0.2) is 17.4 Å². The quantitative estimate of drug-likeness (QED) is 0.337. The minimum Gasteiger partial charge on any atom is -0.346 e. The van der Waals surface area contributed by atoms with Crippen LogP contribution in [0.2, 0.25) is 0 Å². The van der Waals surface area contributed by atoms with Crippen LogP contribution in [0.4, 0.5) is 0 Å². The highest BCUT2D eigenvalue weighted by Gasteiger charge is 2.42. The van der Waals surface area contributed by atoms with Crippen LogP contribution in [0.5, 0.6) is 0 Å². The van der Waals surface area contributed by atoms with E-state index in [1.165, 1.54) is 0 Å². The van der Waals surface area contributed by atoms with Crippen LogP contribution in [0.25, 0.3) is 0 Å². The Labute approximate surface area is 221 Å². The number of ketones is 1. The van der Waals surface area contributed by atoms with E-state index in [2.05, 4.69) is 26.1 Å². The number of Topliss-reactive ketones (excluding diaryl/α,β-unsaturated/α-hetero) is 1. The summed E-state index contributed by atoms with van der Waals surface area (Å²) in [4.78, 5) is 27.1. The molecule has 1 fully saturated rings. The number of hydrogen-bond acceptors (Lipinski definition) is 3. The first-order valence-corrected chi connectivity index (χ1v) is 13.3. The summed E-state index contributed by atoms with van der Waals surface area (Å²) >= 11 is 0. The van der Waals surface area contributed by atoms with Crippen molar-refractivity contribution in [2.45, 2.75) is 58.9 Å². The third kappa shape index (κ3) is 5.90. The molecule has 3 aromatic carbocycles. The zero-order chi connectivity index (χ0) is 26.6. The van der Waals surface area contributed by atoms with E-state index >= 15 is 0 Å². The monoisotopic (exact) mass is 494 g/mol. The van der Waals surface area contributed by atoms with Crippen molar-refractivity contribution in [1.82, 2.24) is 5.32 Å². The van der Waals surface area contributed by atoms with Gasteiger partial charge in [0.1, 0.15) is 5.78 Å². The molecule has 0 bridgehead atoms. The third-order valence-corrected chi connectivity index (χ3v) is 8.31. The Bertz CT molecular complexity index is 1250. The van der Waals surface area contributed by atoms with Crippen molar-refractivity contribution >= 4 is 17.4 Å². The normalized spacial score (nSPS) is 21.8. The van der Waals surface area contributed by atoms with Crippen LogP contribution in [0.1, 0.15) is 86.0 Å². The number of rotatable bonds is 7. The first-order valence-electron chi connectivity index (χ1n) is 13.3. The van der Waals surface area contributed by atoms with Crippen LogP contribution in [-0.2, 0) is 4.79 Å². The lowest BCUT2D eigenvalue weighted by molar-refractivity contribution is -0.123. The van der Waals surface area contributed by atoms with E-state index in [9.17, 15) is 9.59 Å². The highest BCUT2D eigenvalue weighted by molar-refractivity contribution is 6.06. The molecule has 1 saturated carbocycles. The van der Waals surface area contributed by atoms with Crippen molar-refractivity contribution in [3.8, 4) is 0 Å². The SMILES string of the molecule is CC(C)[C@@]1(C)CCC(=N)C(C(c2ccccc2)c2cccc(C(=O)N[C@@H](C)c3ccccc3)c2)C(=O)C1. The van der Waals surface area contributed by atoms with Gasteiger partial charge in [0.2, 0.25) is 0 Å². The van der Waals surface area contributed by atoms with Crippen molar-refractivity contribution in [1.29, 1.82) is 5.41 Å². The highest BCUT2D eigenvalue weighted by Crippen LogP contribution is 2.44. The highest BCUT2D eigenvalue weighted by atomic mass is 16.1. The summed E-state index contributed by atoms with van der Waals surface area (Å²) in [6.07, 6.45) is 1.92. The molecule has 37 heavy (non-hydrogen) atoms. The lowest BCUT2D eigenvalue weighted by Crippen LogP contribution is -2.32. The molecule has 4 nitrogen and oxygen atoms in total. The van der Waals surface area contributed by atoms with Gasteiger partial charge in [-0.25, -0.2) is 0 Å². The predicted octanol–water partition coefficient (Wildman–Crippen LogP) is 7.36. The van der Waals surface area contributed by atoms with Crippen molar-refractivity contribution in [2.75, 3.05) is 0 Å². The number of amides is 1. The Morgan fingerprint density at radius 1 is 0.892 bits per heavy atom. The Hall–Kier alpha value is -3.53. The summed E-state index contributed by atoms with van der Waals surface area (Å²) in [5, 5.41) is 12.1. The molecular formula is C33H38N2O2. The maximum absolute atomic E-state index is 13.8. The lowest BCUT2D eigenvalue weighted by atomic mass is 9.71. The number of benzene rings is 3. The summed E-state index contributed by atoms with van der Waals surface area (Å²) < 4.78 is 0. The minimum absolute atomic E-state index is 0.116.